The van der Waals surface area contributed by atoms with Crippen molar-refractivity contribution in [1.29, 1.82) is 0 Å². The zero-order valence-electron chi connectivity index (χ0n) is 31.3. The topological polar surface area (TPSA) is 35.1 Å². The molecular weight excluding hydrogens is 705 g/mol. The molecule has 0 atom stereocenters. The molecule has 0 aliphatic rings. The van der Waals surface area contributed by atoms with E-state index in [4.69, 9.17) is 9.97 Å². The van der Waals surface area contributed by atoms with Gasteiger partial charge in [-0.15, -0.1) is 0 Å². The molecule has 13 aromatic rings. The van der Waals surface area contributed by atoms with E-state index < -0.39 is 0 Å². The third-order valence-corrected chi connectivity index (χ3v) is 12.2. The van der Waals surface area contributed by atoms with Gasteiger partial charge in [-0.1, -0.05) is 146 Å². The van der Waals surface area contributed by atoms with Crippen molar-refractivity contribution in [3.05, 3.63) is 194 Å². The number of benzene rings is 9. The van der Waals surface area contributed by atoms with Crippen LogP contribution in [0.3, 0.4) is 0 Å². The van der Waals surface area contributed by atoms with E-state index in [1.807, 2.05) is 0 Å². The van der Waals surface area contributed by atoms with Crippen LogP contribution >= 0.6 is 0 Å². The summed E-state index contributed by atoms with van der Waals surface area (Å²) in [7, 11) is 0. The second kappa shape index (κ2) is 11.8. The molecule has 0 unspecified atom stereocenters. The van der Waals surface area contributed by atoms with E-state index in [1.54, 1.807) is 0 Å². The molecule has 4 heterocycles. The summed E-state index contributed by atoms with van der Waals surface area (Å²) in [6.07, 6.45) is 0. The lowest BCUT2D eigenvalue weighted by molar-refractivity contribution is 1.08. The maximum absolute atomic E-state index is 5.51. The standard InChI is InChI=1S/C54H32N4/c1-2-13-33(14-3-1)36-17-12-18-37(29-36)38-27-28-41-45-32-44-40-19-7-10-23-47(40)58(52(44)50-43-21-8-11-24-48(43)57(51(45)50)49(41)31-38)54-42-20-6-9-22-46(42)55-53(56-54)39-26-25-34-15-4-5-16-35(34)30-39/h1-32H. The molecule has 0 bridgehead atoms. The molecule has 4 heteroatoms. The maximum atomic E-state index is 5.51. The average molecular weight is 737 g/mol. The Labute approximate surface area is 332 Å². The molecule has 4 aromatic heterocycles. The average Bonchev–Trinajstić information content (AvgIpc) is 3.93. The highest BCUT2D eigenvalue weighted by atomic mass is 15.1. The third kappa shape index (κ3) is 4.40. The number of fused-ring (bicyclic) bond motifs is 12. The Hall–Kier alpha value is -7.82. The van der Waals surface area contributed by atoms with Crippen LogP contribution < -0.4 is 0 Å². The zero-order chi connectivity index (χ0) is 37.9. The summed E-state index contributed by atoms with van der Waals surface area (Å²) in [6.45, 7) is 0. The van der Waals surface area contributed by atoms with Crippen molar-refractivity contribution in [3.8, 4) is 39.5 Å². The quantitative estimate of drug-likeness (QED) is 0.180. The molecule has 0 saturated heterocycles. The lowest BCUT2D eigenvalue weighted by atomic mass is 9.98. The Morgan fingerprint density at radius 3 is 1.84 bits per heavy atom. The van der Waals surface area contributed by atoms with E-state index >= 15 is 0 Å². The third-order valence-electron chi connectivity index (χ3n) is 12.2. The Morgan fingerprint density at radius 1 is 0.328 bits per heavy atom. The van der Waals surface area contributed by atoms with Crippen LogP contribution in [-0.4, -0.2) is 18.9 Å². The van der Waals surface area contributed by atoms with Gasteiger partial charge in [0.05, 0.1) is 33.1 Å². The number of para-hydroxylation sites is 3. The monoisotopic (exact) mass is 736 g/mol. The van der Waals surface area contributed by atoms with Crippen molar-refractivity contribution in [2.24, 2.45) is 0 Å². The van der Waals surface area contributed by atoms with Gasteiger partial charge in [0.1, 0.15) is 5.82 Å². The van der Waals surface area contributed by atoms with E-state index in [0.717, 1.165) is 33.3 Å². The SMILES string of the molecule is c1ccc(-c2cccc(-c3ccc4c5cc6c7ccccc7n(-c7nc(-c8ccc9ccccc9c8)nc8ccccc78)c6c6c7ccccc7n(c4c3)c56)c2)cc1. The molecule has 0 spiro atoms. The van der Waals surface area contributed by atoms with Gasteiger partial charge in [-0.25, -0.2) is 9.97 Å². The summed E-state index contributed by atoms with van der Waals surface area (Å²) in [5, 5.41) is 10.8. The molecule has 0 aliphatic heterocycles. The lowest BCUT2D eigenvalue weighted by Crippen LogP contribution is -2.03. The Balaban J connectivity index is 1.13. The number of hydrogen-bond donors (Lipinski definition) is 0. The first kappa shape index (κ1) is 31.4. The molecule has 4 nitrogen and oxygen atoms in total. The van der Waals surface area contributed by atoms with Crippen LogP contribution in [0.4, 0.5) is 0 Å². The predicted molar refractivity (Wildman–Crippen MR) is 242 cm³/mol. The second-order valence-electron chi connectivity index (χ2n) is 15.4. The van der Waals surface area contributed by atoms with Crippen LogP contribution in [0, 0.1) is 0 Å². The molecule has 0 saturated carbocycles. The first-order valence-electron chi connectivity index (χ1n) is 19.8. The summed E-state index contributed by atoms with van der Waals surface area (Å²) in [5.41, 5.74) is 12.7. The van der Waals surface area contributed by atoms with Crippen LogP contribution in [-0.2, 0) is 0 Å². The van der Waals surface area contributed by atoms with Crippen molar-refractivity contribution >= 4 is 81.6 Å². The lowest BCUT2D eigenvalue weighted by Gasteiger charge is -2.13. The van der Waals surface area contributed by atoms with E-state index in [1.165, 1.54) is 81.9 Å². The summed E-state index contributed by atoms with van der Waals surface area (Å²) in [4.78, 5) is 10.7. The van der Waals surface area contributed by atoms with Gasteiger partial charge in [-0.3, -0.25) is 4.57 Å². The molecule has 0 amide bonds. The number of nitrogens with zero attached hydrogens (tertiary/aromatic N) is 4. The second-order valence-corrected chi connectivity index (χ2v) is 15.4. The number of hydrogen-bond acceptors (Lipinski definition) is 2. The normalized spacial score (nSPS) is 12.1. The van der Waals surface area contributed by atoms with E-state index in [-0.39, 0.29) is 0 Å². The van der Waals surface area contributed by atoms with Gasteiger partial charge in [0.15, 0.2) is 5.82 Å². The van der Waals surface area contributed by atoms with Crippen molar-refractivity contribution in [2.75, 3.05) is 0 Å². The molecule has 9 aromatic carbocycles. The van der Waals surface area contributed by atoms with Crippen molar-refractivity contribution in [2.45, 2.75) is 0 Å². The fraction of sp³-hybridized carbons (Fsp3) is 0. The van der Waals surface area contributed by atoms with Gasteiger partial charge in [-0.05, 0) is 81.6 Å². The van der Waals surface area contributed by atoms with Gasteiger partial charge in [0.2, 0.25) is 0 Å². The van der Waals surface area contributed by atoms with Gasteiger partial charge >= 0.3 is 0 Å². The van der Waals surface area contributed by atoms with Gasteiger partial charge in [0, 0.05) is 43.3 Å². The minimum Gasteiger partial charge on any atom is -0.308 e. The maximum Gasteiger partial charge on any atom is 0.162 e. The highest BCUT2D eigenvalue weighted by Crippen LogP contribution is 2.47. The van der Waals surface area contributed by atoms with Crippen LogP contribution in [0.1, 0.15) is 0 Å². The van der Waals surface area contributed by atoms with Crippen LogP contribution in [0.5, 0.6) is 0 Å². The molecule has 0 N–H and O–H groups in total. The van der Waals surface area contributed by atoms with E-state index in [2.05, 4.69) is 203 Å². The highest BCUT2D eigenvalue weighted by molar-refractivity contribution is 6.34. The molecule has 0 fully saturated rings. The fourth-order valence-electron chi connectivity index (χ4n) is 9.60. The van der Waals surface area contributed by atoms with Crippen molar-refractivity contribution in [1.82, 2.24) is 18.9 Å². The molecule has 13 rings (SSSR count). The smallest absolute Gasteiger partial charge is 0.162 e. The van der Waals surface area contributed by atoms with Crippen LogP contribution in [0.25, 0.3) is 121 Å². The minimum atomic E-state index is 0.710. The van der Waals surface area contributed by atoms with Crippen molar-refractivity contribution in [3.63, 3.8) is 0 Å². The Bertz CT molecular complexity index is 3800. The summed E-state index contributed by atoms with van der Waals surface area (Å²) in [5.74, 6) is 1.59. The van der Waals surface area contributed by atoms with Gasteiger partial charge in [0.25, 0.3) is 0 Å². The van der Waals surface area contributed by atoms with Gasteiger partial charge in [-0.2, -0.15) is 0 Å². The minimum absolute atomic E-state index is 0.710. The summed E-state index contributed by atoms with van der Waals surface area (Å²) in [6, 6.07) is 70.1. The van der Waals surface area contributed by atoms with Gasteiger partial charge < -0.3 is 4.40 Å². The largest absolute Gasteiger partial charge is 0.308 e. The Kier molecular flexibility index (Phi) is 6.41. The number of rotatable bonds is 4. The highest BCUT2D eigenvalue weighted by Gasteiger charge is 2.26. The van der Waals surface area contributed by atoms with E-state index in [0.29, 0.717) is 5.82 Å². The number of aromatic nitrogens is 4. The van der Waals surface area contributed by atoms with E-state index in [9.17, 15) is 0 Å². The molecule has 58 heavy (non-hydrogen) atoms. The van der Waals surface area contributed by atoms with Crippen LogP contribution in [0.2, 0.25) is 0 Å². The van der Waals surface area contributed by atoms with Crippen LogP contribution in [0.15, 0.2) is 194 Å². The fourth-order valence-corrected chi connectivity index (χ4v) is 9.60. The first-order valence-corrected chi connectivity index (χ1v) is 19.8. The summed E-state index contributed by atoms with van der Waals surface area (Å²) < 4.78 is 4.92. The molecule has 0 aliphatic carbocycles. The predicted octanol–water partition coefficient (Wildman–Crippen LogP) is 14.0. The molecular formula is C54H32N4. The Morgan fingerprint density at radius 2 is 0.966 bits per heavy atom. The zero-order valence-corrected chi connectivity index (χ0v) is 31.3. The summed E-state index contributed by atoms with van der Waals surface area (Å²) >= 11 is 0. The first-order chi connectivity index (χ1) is 28.8. The molecule has 268 valence electrons. The molecule has 0 radical (unpaired) electrons. The van der Waals surface area contributed by atoms with Crippen molar-refractivity contribution < 1.29 is 0 Å².